The third kappa shape index (κ3) is 10.4. The first-order chi connectivity index (χ1) is 30.2. The minimum atomic E-state index is -1.27. The number of halogens is 2. The summed E-state index contributed by atoms with van der Waals surface area (Å²) < 4.78 is 44.0. The maximum atomic E-state index is 14.2. The molecule has 2 N–H and O–H groups in total. The van der Waals surface area contributed by atoms with Crippen LogP contribution >= 0.6 is 22.9 Å². The predicted octanol–water partition coefficient (Wildman–Crippen LogP) is 10.2. The largest absolute Gasteiger partial charge is 0.496 e. The summed E-state index contributed by atoms with van der Waals surface area (Å²) >= 11 is 8.07. The molecule has 0 unspecified atom stereocenters. The second-order valence-electron chi connectivity index (χ2n) is 15.4. The van der Waals surface area contributed by atoms with Crippen LogP contribution in [0, 0.1) is 12.7 Å². The van der Waals surface area contributed by atoms with Gasteiger partial charge >= 0.3 is 11.9 Å². The van der Waals surface area contributed by atoms with Gasteiger partial charge in [0.2, 0.25) is 12.0 Å². The molecular formula is C48H45ClFN5O7S. The lowest BCUT2D eigenvalue weighted by Crippen LogP contribution is -2.32. The second kappa shape index (κ2) is 19.2. The summed E-state index contributed by atoms with van der Waals surface area (Å²) in [7, 11) is 1.59. The highest BCUT2D eigenvalue weighted by atomic mass is 35.5. The van der Waals surface area contributed by atoms with E-state index in [1.807, 2.05) is 37.3 Å². The lowest BCUT2D eigenvalue weighted by atomic mass is 9.95. The van der Waals surface area contributed by atoms with Crippen molar-refractivity contribution in [2.45, 2.75) is 65.8 Å². The van der Waals surface area contributed by atoms with E-state index in [1.54, 1.807) is 83.5 Å². The number of carbonyl (C=O) groups excluding carboxylic acids is 2. The molecule has 3 heterocycles. The molecule has 324 valence electrons. The molecule has 7 rings (SSSR count). The number of aromatic nitrogens is 4. The first kappa shape index (κ1) is 44.4. The number of carbonyl (C=O) groups is 2. The number of nitrogens with two attached hydrogens (primary N) is 1. The molecular weight excluding hydrogens is 845 g/mol. The maximum Gasteiger partial charge on any atom is 0.347 e. The molecule has 0 bridgehead atoms. The fourth-order valence-corrected chi connectivity index (χ4v) is 8.27. The van der Waals surface area contributed by atoms with Gasteiger partial charge in [0, 0.05) is 23.1 Å². The van der Waals surface area contributed by atoms with Crippen molar-refractivity contribution in [1.82, 2.24) is 19.9 Å². The summed E-state index contributed by atoms with van der Waals surface area (Å²) in [6, 6.07) is 24.2. The molecule has 0 fully saturated rings. The van der Waals surface area contributed by atoms with Gasteiger partial charge in [0.25, 0.3) is 0 Å². The van der Waals surface area contributed by atoms with Gasteiger partial charge in [-0.25, -0.2) is 29.1 Å². The van der Waals surface area contributed by atoms with E-state index in [9.17, 15) is 14.0 Å². The fourth-order valence-electron chi connectivity index (χ4n) is 6.95. The Morgan fingerprint density at radius 3 is 2.46 bits per heavy atom. The molecule has 0 aliphatic carbocycles. The van der Waals surface area contributed by atoms with Crippen molar-refractivity contribution >= 4 is 50.8 Å². The third-order valence-corrected chi connectivity index (χ3v) is 11.4. The Kier molecular flexibility index (Phi) is 13.5. The number of hydrogen-bond donors (Lipinski definition) is 1. The summed E-state index contributed by atoms with van der Waals surface area (Å²) in [5, 5.41) is 0.877. The van der Waals surface area contributed by atoms with Crippen LogP contribution in [0.1, 0.15) is 50.1 Å². The first-order valence-corrected chi connectivity index (χ1v) is 21.3. The molecule has 4 aromatic carbocycles. The van der Waals surface area contributed by atoms with Crippen molar-refractivity contribution in [2.75, 3.05) is 19.5 Å². The van der Waals surface area contributed by atoms with Gasteiger partial charge in [-0.2, -0.15) is 0 Å². The van der Waals surface area contributed by atoms with Crippen molar-refractivity contribution in [1.29, 1.82) is 0 Å². The lowest BCUT2D eigenvalue weighted by molar-refractivity contribution is -0.154. The van der Waals surface area contributed by atoms with Gasteiger partial charge in [-0.1, -0.05) is 54.1 Å². The summed E-state index contributed by atoms with van der Waals surface area (Å²) in [5.41, 5.74) is 11.2. The van der Waals surface area contributed by atoms with Gasteiger partial charge in [-0.3, -0.25) is 4.79 Å². The van der Waals surface area contributed by atoms with Gasteiger partial charge in [0.15, 0.2) is 5.82 Å². The van der Waals surface area contributed by atoms with E-state index in [-0.39, 0.29) is 37.8 Å². The number of benzene rings is 4. The number of methoxy groups -OCH3 is 1. The Bertz CT molecular complexity index is 2790. The molecule has 1 atom stereocenters. The van der Waals surface area contributed by atoms with Gasteiger partial charge in [-0.15, -0.1) is 11.3 Å². The Labute approximate surface area is 373 Å². The van der Waals surface area contributed by atoms with Gasteiger partial charge in [-0.05, 0) is 105 Å². The summed E-state index contributed by atoms with van der Waals surface area (Å²) in [6.45, 7) is 9.07. The zero-order chi connectivity index (χ0) is 44.8. The van der Waals surface area contributed by atoms with Crippen molar-refractivity contribution in [3.05, 3.63) is 131 Å². The van der Waals surface area contributed by atoms with Crippen LogP contribution in [-0.2, 0) is 38.5 Å². The molecule has 15 heteroatoms. The molecule has 0 aliphatic rings. The average Bonchev–Trinajstić information content (AvgIpc) is 3.65. The van der Waals surface area contributed by atoms with Crippen LogP contribution in [0.4, 0.5) is 10.1 Å². The molecule has 0 aliphatic heterocycles. The van der Waals surface area contributed by atoms with Crippen LogP contribution in [0.5, 0.6) is 17.4 Å². The Morgan fingerprint density at radius 1 is 0.937 bits per heavy atom. The monoisotopic (exact) mass is 889 g/mol. The number of nitrogen functional groups attached to an aromatic ring is 1. The minimum Gasteiger partial charge on any atom is -0.496 e. The van der Waals surface area contributed by atoms with Crippen molar-refractivity contribution in [3.63, 3.8) is 0 Å². The number of fused-ring (bicyclic) bond motifs is 1. The van der Waals surface area contributed by atoms with E-state index in [4.69, 9.17) is 46.0 Å². The molecule has 12 nitrogen and oxygen atoms in total. The SMILES string of the molecule is CCOC(=O)[C@@H](Cc1cc(CC(=O)OC(C)(C)C)ccc1OCc1ccnc(-c2ccccc2OC)n1)Oc1ncnc2sc(-c3ccc(F)cc3)c(-c3ccc(N)c(Cl)c3C)c12. The van der Waals surface area contributed by atoms with E-state index in [1.165, 1.54) is 29.8 Å². The third-order valence-electron chi connectivity index (χ3n) is 9.78. The number of rotatable bonds is 15. The molecule has 63 heavy (non-hydrogen) atoms. The average molecular weight is 890 g/mol. The molecule has 0 saturated heterocycles. The molecule has 3 aromatic heterocycles. The van der Waals surface area contributed by atoms with E-state index in [2.05, 4.69) is 15.0 Å². The Hall–Kier alpha value is -6.64. The van der Waals surface area contributed by atoms with E-state index in [0.29, 0.717) is 66.2 Å². The zero-order valence-electron chi connectivity index (χ0n) is 35.5. The number of hydrogen-bond acceptors (Lipinski definition) is 13. The van der Waals surface area contributed by atoms with E-state index < -0.39 is 23.6 Å². The standard InChI is InChI=1S/C48H45ClFN5O7S/c1-7-59-47(57)38(61-45-41-40(33-17-18-35(51)42(49)27(33)2)43(63-46(41)54-26-53-45)29-13-15-31(50)16-14-29)24-30-22-28(23-39(56)62-48(3,4)5)12-19-36(30)60-25-32-20-21-52-44(55-32)34-10-8-9-11-37(34)58-6/h8-22,26,38H,7,23-25,51H2,1-6H3/t38-/m1/s1. The first-order valence-electron chi connectivity index (χ1n) is 20.1. The minimum absolute atomic E-state index is 0.0362. The van der Waals surface area contributed by atoms with Crippen LogP contribution < -0.4 is 19.9 Å². The number of esters is 2. The van der Waals surface area contributed by atoms with Gasteiger partial charge < -0.3 is 29.4 Å². The van der Waals surface area contributed by atoms with Crippen LogP contribution in [0.25, 0.3) is 43.2 Å². The Balaban J connectivity index is 1.29. The number of anilines is 1. The normalized spacial score (nSPS) is 11.9. The van der Waals surface area contributed by atoms with E-state index >= 15 is 0 Å². The highest BCUT2D eigenvalue weighted by Crippen LogP contribution is 2.49. The summed E-state index contributed by atoms with van der Waals surface area (Å²) in [4.78, 5) is 46.7. The topological polar surface area (TPSA) is 158 Å². The van der Waals surface area contributed by atoms with Crippen LogP contribution in [0.3, 0.4) is 0 Å². The van der Waals surface area contributed by atoms with Crippen molar-refractivity contribution in [2.24, 2.45) is 0 Å². The van der Waals surface area contributed by atoms with Gasteiger partial charge in [0.05, 0.1) is 47.5 Å². The van der Waals surface area contributed by atoms with Crippen molar-refractivity contribution in [3.8, 4) is 50.3 Å². The maximum absolute atomic E-state index is 14.2. The van der Waals surface area contributed by atoms with Gasteiger partial charge in [0.1, 0.15) is 40.7 Å². The fraction of sp³-hybridized carbons (Fsp3) is 0.250. The number of para-hydroxylation sites is 1. The lowest BCUT2D eigenvalue weighted by Gasteiger charge is -2.21. The molecule has 0 spiro atoms. The number of thiophene rings is 1. The molecule has 7 aromatic rings. The van der Waals surface area contributed by atoms with E-state index in [0.717, 1.165) is 21.6 Å². The smallest absolute Gasteiger partial charge is 0.347 e. The molecule has 0 saturated carbocycles. The predicted molar refractivity (Wildman–Crippen MR) is 242 cm³/mol. The van der Waals surface area contributed by atoms with Crippen LogP contribution in [0.2, 0.25) is 5.02 Å². The molecule has 0 amide bonds. The van der Waals surface area contributed by atoms with Crippen LogP contribution in [-0.4, -0.2) is 57.3 Å². The summed E-state index contributed by atoms with van der Waals surface area (Å²) in [5.74, 6) is 0.122. The zero-order valence-corrected chi connectivity index (χ0v) is 37.1. The highest BCUT2D eigenvalue weighted by Gasteiger charge is 2.30. The number of ether oxygens (including phenoxy) is 5. The summed E-state index contributed by atoms with van der Waals surface area (Å²) in [6.07, 6.45) is 1.63. The number of nitrogens with zero attached hydrogens (tertiary/aromatic N) is 4. The quantitative estimate of drug-likeness (QED) is 0.0768. The molecule has 0 radical (unpaired) electrons. The second-order valence-corrected chi connectivity index (χ2v) is 16.8. The van der Waals surface area contributed by atoms with Crippen LogP contribution in [0.15, 0.2) is 97.5 Å². The Morgan fingerprint density at radius 2 is 1.71 bits per heavy atom. The van der Waals surface area contributed by atoms with Crippen molar-refractivity contribution < 1.29 is 37.7 Å². The highest BCUT2D eigenvalue weighted by molar-refractivity contribution is 7.22.